The van der Waals surface area contributed by atoms with Gasteiger partial charge in [0.1, 0.15) is 5.75 Å². The molecule has 0 radical (unpaired) electrons. The maximum absolute atomic E-state index is 12.8. The molecule has 150 valence electrons. The number of nitrogens with one attached hydrogen (secondary N) is 2. The van der Waals surface area contributed by atoms with Gasteiger partial charge in [-0.15, -0.1) is 10.1 Å². The van der Waals surface area contributed by atoms with Gasteiger partial charge in [0.2, 0.25) is 12.3 Å². The molecule has 0 aliphatic carbocycles. The van der Waals surface area contributed by atoms with Gasteiger partial charge in [-0.1, -0.05) is 54.6 Å². The van der Waals surface area contributed by atoms with Crippen LogP contribution < -0.4 is 15.5 Å². The molecule has 1 aliphatic heterocycles. The highest BCUT2D eigenvalue weighted by atomic mass is 16.5. The second-order valence-electron chi connectivity index (χ2n) is 6.96. The summed E-state index contributed by atoms with van der Waals surface area (Å²) in [6, 6.07) is 24.9. The molecule has 1 fully saturated rings. The zero-order valence-corrected chi connectivity index (χ0v) is 16.5. The Hall–Kier alpha value is -3.93. The predicted octanol–water partition coefficient (Wildman–Crippen LogP) is 2.71. The predicted molar refractivity (Wildman–Crippen MR) is 113 cm³/mol. The van der Waals surface area contributed by atoms with Crippen LogP contribution in [0.2, 0.25) is 0 Å². The normalized spacial score (nSPS) is 19.4. The number of benzene rings is 3. The lowest BCUT2D eigenvalue weighted by Gasteiger charge is -2.14. The number of carbonyl (C=O) groups is 2. The summed E-state index contributed by atoms with van der Waals surface area (Å²) >= 11 is 0. The fraction of sp³-hybridized carbons (Fsp3) is 0.125. The van der Waals surface area contributed by atoms with Crippen LogP contribution in [0.15, 0.2) is 84.9 Å². The number of nitrogens with zero attached hydrogens (tertiary/aromatic N) is 1. The zero-order valence-electron chi connectivity index (χ0n) is 16.5. The quantitative estimate of drug-likeness (QED) is 0.647. The molecule has 0 bridgehead atoms. The number of hydrogen-bond donors (Lipinski definition) is 2. The summed E-state index contributed by atoms with van der Waals surface area (Å²) in [4.78, 5) is 25.6. The zero-order chi connectivity index (χ0) is 20.9. The minimum Gasteiger partial charge on any atom is -0.497 e. The Kier molecular flexibility index (Phi) is 5.57. The molecule has 6 nitrogen and oxygen atoms in total. The summed E-state index contributed by atoms with van der Waals surface area (Å²) in [5.74, 6) is 0.159. The molecular formula is C24H22N3O3+. The van der Waals surface area contributed by atoms with Crippen LogP contribution in [0.3, 0.4) is 0 Å². The first-order valence-corrected chi connectivity index (χ1v) is 9.64. The molecule has 0 aromatic heterocycles. The van der Waals surface area contributed by atoms with Gasteiger partial charge in [0.15, 0.2) is 6.04 Å². The van der Waals surface area contributed by atoms with Crippen molar-refractivity contribution in [3.8, 4) is 5.75 Å². The third-order valence-corrected chi connectivity index (χ3v) is 4.98. The highest BCUT2D eigenvalue weighted by Crippen LogP contribution is 2.25. The van der Waals surface area contributed by atoms with Gasteiger partial charge in [-0.3, -0.25) is 9.59 Å². The van der Waals surface area contributed by atoms with E-state index >= 15 is 0 Å². The van der Waals surface area contributed by atoms with Gasteiger partial charge in [0, 0.05) is 16.7 Å². The summed E-state index contributed by atoms with van der Waals surface area (Å²) in [7, 11) is 1.61. The Morgan fingerprint density at radius 2 is 1.70 bits per heavy atom. The van der Waals surface area contributed by atoms with Gasteiger partial charge >= 0.3 is 5.91 Å². The average Bonchev–Trinajstić information content (AvgIpc) is 3.09. The second kappa shape index (κ2) is 8.61. The molecule has 0 saturated carbocycles. The lowest BCUT2D eigenvalue weighted by molar-refractivity contribution is -0.596. The van der Waals surface area contributed by atoms with Crippen molar-refractivity contribution >= 4 is 18.0 Å². The number of ether oxygens (including phenoxy) is 1. The first kappa shape index (κ1) is 19.4. The Labute approximate surface area is 174 Å². The molecule has 2 amide bonds. The number of amides is 2. The highest BCUT2D eigenvalue weighted by molar-refractivity contribution is 5.98. The highest BCUT2D eigenvalue weighted by Gasteiger charge is 2.47. The summed E-state index contributed by atoms with van der Waals surface area (Å²) in [6.07, 6.45) is 1.84. The molecule has 3 aromatic rings. The van der Waals surface area contributed by atoms with Crippen LogP contribution >= 0.6 is 0 Å². The average molecular weight is 400 g/mol. The van der Waals surface area contributed by atoms with E-state index in [1.165, 1.54) is 0 Å². The Morgan fingerprint density at radius 1 is 1.00 bits per heavy atom. The minimum absolute atomic E-state index is 0.271. The van der Waals surface area contributed by atoms with Crippen LogP contribution in [0.4, 0.5) is 0 Å². The van der Waals surface area contributed by atoms with Crippen LogP contribution in [0, 0.1) is 0 Å². The number of hydrazine groups is 1. The molecule has 4 rings (SSSR count). The topological polar surface area (TPSA) is 70.4 Å². The lowest BCUT2D eigenvalue weighted by Crippen LogP contribution is -2.42. The monoisotopic (exact) mass is 400 g/mol. The van der Waals surface area contributed by atoms with Gasteiger partial charge in [0.05, 0.1) is 7.11 Å². The minimum atomic E-state index is -0.748. The standard InChI is InChI=1S/C24H21N3O3/c1-30-20-14-8-9-17(15-20)16-27-22(18-10-4-2-5-11-18)21(24(29)26-27)25-23(28)19-12-6-3-7-13-19/h2-16,21-22H,1H3,(H-,25,26,28,29)/p+1/b27-16-/t21-,22-/m1/s1. The van der Waals surface area contributed by atoms with Crippen LogP contribution in [0.5, 0.6) is 5.75 Å². The number of methoxy groups -OCH3 is 1. The van der Waals surface area contributed by atoms with Gasteiger partial charge in [-0.25, -0.2) is 0 Å². The second-order valence-corrected chi connectivity index (χ2v) is 6.96. The van der Waals surface area contributed by atoms with E-state index in [4.69, 9.17) is 4.74 Å². The first-order chi connectivity index (χ1) is 14.7. The molecule has 3 aromatic carbocycles. The van der Waals surface area contributed by atoms with E-state index in [-0.39, 0.29) is 11.8 Å². The molecule has 1 saturated heterocycles. The van der Waals surface area contributed by atoms with Crippen molar-refractivity contribution in [2.45, 2.75) is 12.1 Å². The Morgan fingerprint density at radius 3 is 2.40 bits per heavy atom. The molecule has 30 heavy (non-hydrogen) atoms. The maximum Gasteiger partial charge on any atom is 0.304 e. The van der Waals surface area contributed by atoms with Gasteiger partial charge < -0.3 is 10.1 Å². The Bertz CT molecular complexity index is 1080. The van der Waals surface area contributed by atoms with Gasteiger partial charge in [-0.2, -0.15) is 0 Å². The first-order valence-electron chi connectivity index (χ1n) is 9.64. The van der Waals surface area contributed by atoms with Crippen LogP contribution in [0.1, 0.15) is 27.5 Å². The fourth-order valence-electron chi connectivity index (χ4n) is 3.53. The van der Waals surface area contributed by atoms with Crippen molar-refractivity contribution in [2.75, 3.05) is 7.11 Å². The summed E-state index contributed by atoms with van der Waals surface area (Å²) in [5, 5.41) is 2.89. The van der Waals surface area contributed by atoms with Crippen molar-refractivity contribution in [2.24, 2.45) is 0 Å². The molecule has 6 heteroatoms. The number of carbonyl (C=O) groups excluding carboxylic acids is 2. The maximum atomic E-state index is 12.8. The molecule has 2 N–H and O–H groups in total. The molecule has 0 spiro atoms. The van der Waals surface area contributed by atoms with E-state index in [1.807, 2.05) is 66.9 Å². The van der Waals surface area contributed by atoms with E-state index in [0.29, 0.717) is 5.56 Å². The van der Waals surface area contributed by atoms with Gasteiger partial charge in [-0.05, 0) is 30.3 Å². The van der Waals surface area contributed by atoms with E-state index in [2.05, 4.69) is 10.7 Å². The van der Waals surface area contributed by atoms with Crippen molar-refractivity contribution in [3.05, 3.63) is 102 Å². The van der Waals surface area contributed by atoms with E-state index in [0.717, 1.165) is 16.9 Å². The molecule has 2 atom stereocenters. The van der Waals surface area contributed by atoms with E-state index in [9.17, 15) is 9.59 Å². The summed E-state index contributed by atoms with van der Waals surface area (Å²) in [5.41, 5.74) is 5.16. The smallest absolute Gasteiger partial charge is 0.304 e. The van der Waals surface area contributed by atoms with E-state index < -0.39 is 12.1 Å². The number of rotatable bonds is 5. The number of hydrazone groups is 1. The lowest BCUT2D eigenvalue weighted by atomic mass is 10.00. The molecule has 0 unspecified atom stereocenters. The van der Waals surface area contributed by atoms with Crippen molar-refractivity contribution in [1.82, 2.24) is 10.7 Å². The molecule has 1 aliphatic rings. The van der Waals surface area contributed by atoms with Crippen molar-refractivity contribution in [1.29, 1.82) is 0 Å². The number of hydrogen-bond acceptors (Lipinski definition) is 3. The molecule has 1 heterocycles. The van der Waals surface area contributed by atoms with E-state index in [1.54, 1.807) is 36.1 Å². The largest absolute Gasteiger partial charge is 0.497 e. The van der Waals surface area contributed by atoms with Crippen molar-refractivity contribution in [3.63, 3.8) is 0 Å². The summed E-state index contributed by atoms with van der Waals surface area (Å²) in [6.45, 7) is 0. The van der Waals surface area contributed by atoms with Gasteiger partial charge in [0.25, 0.3) is 5.91 Å². The Balaban J connectivity index is 1.70. The molecular weight excluding hydrogens is 378 g/mol. The van der Waals surface area contributed by atoms with Crippen LogP contribution in [0.25, 0.3) is 0 Å². The fourth-order valence-corrected chi connectivity index (χ4v) is 3.53. The SMILES string of the molecule is COc1cccc(/C=[N+]2\NC(=O)[C@H](NC(=O)c3ccccc3)[C@H]2c2ccccc2)c1. The summed E-state index contributed by atoms with van der Waals surface area (Å²) < 4.78 is 7.03. The van der Waals surface area contributed by atoms with Crippen LogP contribution in [-0.2, 0) is 4.79 Å². The third kappa shape index (κ3) is 4.07. The van der Waals surface area contributed by atoms with Crippen LogP contribution in [-0.4, -0.2) is 35.9 Å². The third-order valence-electron chi connectivity index (χ3n) is 4.98. The van der Waals surface area contributed by atoms with Crippen molar-refractivity contribution < 1.29 is 19.0 Å².